The van der Waals surface area contributed by atoms with Crippen LogP contribution in [0, 0.1) is 0 Å². The lowest BCUT2D eigenvalue weighted by Crippen LogP contribution is -2.23. The van der Waals surface area contributed by atoms with Gasteiger partial charge >= 0.3 is 5.97 Å². The Balaban J connectivity index is 1.94. The van der Waals surface area contributed by atoms with Crippen LogP contribution < -0.4 is 5.32 Å². The van der Waals surface area contributed by atoms with Crippen LogP contribution in [-0.2, 0) is 23.3 Å². The maximum Gasteiger partial charge on any atom is 0.325 e. The molecular weight excluding hydrogens is 288 g/mol. The first-order chi connectivity index (χ1) is 10.3. The molecule has 22 heavy (non-hydrogen) atoms. The molecule has 0 saturated heterocycles. The minimum atomic E-state index is -1.01. The third-order valence-electron chi connectivity index (χ3n) is 2.93. The van der Waals surface area contributed by atoms with E-state index in [0.717, 1.165) is 5.69 Å². The summed E-state index contributed by atoms with van der Waals surface area (Å²) in [5, 5.41) is 25.6. The monoisotopic (exact) mass is 306 g/mol. The Labute approximate surface area is 126 Å². The number of nitrogens with one attached hydrogen (secondary N) is 2. The molecule has 0 unspecified atom stereocenters. The fraction of sp³-hybridized carbons (Fsp3) is 0.462. The van der Waals surface area contributed by atoms with Crippen molar-refractivity contribution >= 4 is 11.9 Å². The average molecular weight is 306 g/mol. The Morgan fingerprint density at radius 2 is 2.14 bits per heavy atom. The molecule has 0 atom stereocenters. The molecule has 0 radical (unpaired) electrons. The largest absolute Gasteiger partial charge is 0.480 e. The van der Waals surface area contributed by atoms with Crippen molar-refractivity contribution < 1.29 is 14.7 Å². The highest BCUT2D eigenvalue weighted by Gasteiger charge is 2.19. The van der Waals surface area contributed by atoms with E-state index in [2.05, 4.69) is 25.8 Å². The van der Waals surface area contributed by atoms with Gasteiger partial charge < -0.3 is 10.4 Å². The highest BCUT2D eigenvalue weighted by Crippen LogP contribution is 2.20. The summed E-state index contributed by atoms with van der Waals surface area (Å²) in [4.78, 5) is 22.5. The van der Waals surface area contributed by atoms with E-state index in [1.165, 1.54) is 10.9 Å². The second kappa shape index (κ2) is 5.96. The van der Waals surface area contributed by atoms with Gasteiger partial charge in [0.1, 0.15) is 17.9 Å². The second-order valence-electron chi connectivity index (χ2n) is 5.90. The van der Waals surface area contributed by atoms with Gasteiger partial charge in [0.2, 0.25) is 0 Å². The molecule has 3 N–H and O–H groups in total. The summed E-state index contributed by atoms with van der Waals surface area (Å²) in [7, 11) is 0. The van der Waals surface area contributed by atoms with Crippen LogP contribution in [-0.4, -0.2) is 42.2 Å². The summed E-state index contributed by atoms with van der Waals surface area (Å²) in [6.07, 6.45) is 1.47. The van der Waals surface area contributed by atoms with Crippen LogP contribution in [0.4, 0.5) is 0 Å². The van der Waals surface area contributed by atoms with Gasteiger partial charge in [-0.25, -0.2) is 4.68 Å². The number of aliphatic carboxylic acids is 1. The number of carboxylic acid groups (broad SMARTS) is 1. The highest BCUT2D eigenvalue weighted by molar-refractivity contribution is 5.92. The van der Waals surface area contributed by atoms with Gasteiger partial charge in [-0.15, -0.1) is 5.10 Å². The minimum absolute atomic E-state index is 0.120. The fourth-order valence-corrected chi connectivity index (χ4v) is 1.72. The van der Waals surface area contributed by atoms with Gasteiger partial charge in [0.05, 0.1) is 12.7 Å². The quantitative estimate of drug-likeness (QED) is 0.730. The van der Waals surface area contributed by atoms with Crippen LogP contribution in [0.5, 0.6) is 0 Å². The van der Waals surface area contributed by atoms with Crippen LogP contribution in [0.25, 0.3) is 0 Å². The molecule has 0 aliphatic heterocycles. The first-order valence-corrected chi connectivity index (χ1v) is 6.70. The van der Waals surface area contributed by atoms with Crippen molar-refractivity contribution in [3.8, 4) is 0 Å². The molecule has 0 spiro atoms. The molecule has 0 aromatic carbocycles. The summed E-state index contributed by atoms with van der Waals surface area (Å²) in [5.74, 6) is -1.34. The van der Waals surface area contributed by atoms with E-state index in [1.807, 2.05) is 20.8 Å². The number of aromatic amines is 1. The van der Waals surface area contributed by atoms with Crippen molar-refractivity contribution in [2.45, 2.75) is 39.3 Å². The number of amides is 1. The molecule has 2 aromatic heterocycles. The Kier molecular flexibility index (Phi) is 4.25. The standard InChI is InChI=1S/C13H18N6O3/c1-13(2,3)10-4-9(16-17-10)12(22)14-5-8-6-19(18-15-8)7-11(20)21/h4,6H,5,7H2,1-3H3,(H,14,22)(H,16,17)(H,20,21). The van der Waals surface area contributed by atoms with Crippen LogP contribution >= 0.6 is 0 Å². The SMILES string of the molecule is CC(C)(C)c1cc(C(=O)NCc2cn(CC(=O)O)nn2)n[nH]1. The number of carboxylic acids is 1. The fourth-order valence-electron chi connectivity index (χ4n) is 1.72. The van der Waals surface area contributed by atoms with E-state index in [9.17, 15) is 9.59 Å². The van der Waals surface area contributed by atoms with Gasteiger partial charge in [0.25, 0.3) is 5.91 Å². The molecule has 118 valence electrons. The van der Waals surface area contributed by atoms with Gasteiger partial charge in [-0.05, 0) is 6.07 Å². The molecule has 9 heteroatoms. The molecule has 0 saturated carbocycles. The number of carbonyl (C=O) groups is 2. The minimum Gasteiger partial charge on any atom is -0.480 e. The number of hydrogen-bond donors (Lipinski definition) is 3. The zero-order valence-electron chi connectivity index (χ0n) is 12.6. The van der Waals surface area contributed by atoms with Crippen LogP contribution in [0.3, 0.4) is 0 Å². The number of aromatic nitrogens is 5. The molecule has 1 amide bonds. The molecule has 2 aromatic rings. The third-order valence-corrected chi connectivity index (χ3v) is 2.93. The van der Waals surface area contributed by atoms with Crippen LogP contribution in [0.1, 0.15) is 42.6 Å². The first kappa shape index (κ1) is 15.7. The lowest BCUT2D eigenvalue weighted by atomic mass is 9.92. The van der Waals surface area contributed by atoms with Crippen molar-refractivity contribution in [2.24, 2.45) is 0 Å². The molecule has 2 heterocycles. The van der Waals surface area contributed by atoms with E-state index in [1.54, 1.807) is 6.07 Å². The summed E-state index contributed by atoms with van der Waals surface area (Å²) in [5.41, 5.74) is 1.51. The van der Waals surface area contributed by atoms with Crippen LogP contribution in [0.2, 0.25) is 0 Å². The molecule has 2 rings (SSSR count). The molecule has 0 aliphatic rings. The lowest BCUT2D eigenvalue weighted by Gasteiger charge is -2.14. The summed E-state index contributed by atoms with van der Waals surface area (Å²) in [6, 6.07) is 1.70. The smallest absolute Gasteiger partial charge is 0.325 e. The average Bonchev–Trinajstić information content (AvgIpc) is 3.03. The van der Waals surface area contributed by atoms with E-state index in [0.29, 0.717) is 11.4 Å². The third kappa shape index (κ3) is 3.90. The summed E-state index contributed by atoms with van der Waals surface area (Å²) < 4.78 is 1.19. The molecule has 0 fully saturated rings. The first-order valence-electron chi connectivity index (χ1n) is 6.70. The van der Waals surface area contributed by atoms with Gasteiger partial charge in [-0.1, -0.05) is 26.0 Å². The van der Waals surface area contributed by atoms with Crippen molar-refractivity contribution in [3.05, 3.63) is 29.3 Å². The van der Waals surface area contributed by atoms with Gasteiger partial charge in [-0.3, -0.25) is 14.7 Å². The maximum atomic E-state index is 12.0. The Morgan fingerprint density at radius 1 is 1.41 bits per heavy atom. The molecule has 9 nitrogen and oxygen atoms in total. The van der Waals surface area contributed by atoms with Gasteiger partial charge in [0, 0.05) is 11.1 Å². The predicted molar refractivity (Wildman–Crippen MR) is 76.1 cm³/mol. The van der Waals surface area contributed by atoms with E-state index in [-0.39, 0.29) is 24.4 Å². The number of H-pyrrole nitrogens is 1. The Bertz CT molecular complexity index is 682. The molecule has 0 bridgehead atoms. The van der Waals surface area contributed by atoms with Gasteiger partial charge in [0.15, 0.2) is 0 Å². The van der Waals surface area contributed by atoms with Crippen molar-refractivity contribution in [2.75, 3.05) is 0 Å². The van der Waals surface area contributed by atoms with Crippen LogP contribution in [0.15, 0.2) is 12.3 Å². The van der Waals surface area contributed by atoms with Crippen molar-refractivity contribution in [1.29, 1.82) is 0 Å². The Hall–Kier alpha value is -2.71. The lowest BCUT2D eigenvalue weighted by molar-refractivity contribution is -0.137. The predicted octanol–water partition coefficient (Wildman–Crippen LogP) is 0.313. The summed E-state index contributed by atoms with van der Waals surface area (Å²) in [6.45, 7) is 5.93. The maximum absolute atomic E-state index is 12.0. The summed E-state index contributed by atoms with van der Waals surface area (Å²) >= 11 is 0. The number of hydrogen-bond acceptors (Lipinski definition) is 5. The number of carbonyl (C=O) groups excluding carboxylic acids is 1. The number of rotatable bonds is 5. The zero-order chi connectivity index (χ0) is 16.3. The van der Waals surface area contributed by atoms with Crippen molar-refractivity contribution in [1.82, 2.24) is 30.5 Å². The second-order valence-corrected chi connectivity index (χ2v) is 5.90. The van der Waals surface area contributed by atoms with E-state index >= 15 is 0 Å². The van der Waals surface area contributed by atoms with E-state index < -0.39 is 5.97 Å². The normalized spacial score (nSPS) is 11.4. The topological polar surface area (TPSA) is 126 Å². The van der Waals surface area contributed by atoms with E-state index in [4.69, 9.17) is 5.11 Å². The molecular formula is C13H18N6O3. The molecule has 0 aliphatic carbocycles. The Morgan fingerprint density at radius 3 is 2.73 bits per heavy atom. The highest BCUT2D eigenvalue weighted by atomic mass is 16.4. The van der Waals surface area contributed by atoms with Gasteiger partial charge in [-0.2, -0.15) is 5.10 Å². The number of nitrogens with zero attached hydrogens (tertiary/aromatic N) is 4. The van der Waals surface area contributed by atoms with Crippen molar-refractivity contribution in [3.63, 3.8) is 0 Å². The zero-order valence-corrected chi connectivity index (χ0v) is 12.6.